The van der Waals surface area contributed by atoms with Crippen molar-refractivity contribution in [1.29, 1.82) is 0 Å². The fourth-order valence-electron chi connectivity index (χ4n) is 3.06. The van der Waals surface area contributed by atoms with Crippen molar-refractivity contribution < 1.29 is 13.2 Å². The normalized spacial score (nSPS) is 17.4. The third-order valence-electron chi connectivity index (χ3n) is 4.35. The summed E-state index contributed by atoms with van der Waals surface area (Å²) in [6.07, 6.45) is 0. The molecular formula is C19H23ClN2O3S. The van der Waals surface area contributed by atoms with Crippen LogP contribution in [0.2, 0.25) is 0 Å². The van der Waals surface area contributed by atoms with Crippen molar-refractivity contribution >= 4 is 28.2 Å². The van der Waals surface area contributed by atoms with Crippen LogP contribution in [-0.2, 0) is 15.6 Å². The Morgan fingerprint density at radius 2 is 1.77 bits per heavy atom. The van der Waals surface area contributed by atoms with Gasteiger partial charge in [0.1, 0.15) is 0 Å². The van der Waals surface area contributed by atoms with Crippen LogP contribution in [-0.4, -0.2) is 44.9 Å². The molecule has 0 saturated carbocycles. The van der Waals surface area contributed by atoms with Crippen LogP contribution < -0.4 is 5.32 Å². The fourth-order valence-corrected chi connectivity index (χ4v) is 4.46. The smallest absolute Gasteiger partial charge is 0.254 e. The minimum atomic E-state index is -3.49. The van der Waals surface area contributed by atoms with E-state index in [1.165, 1.54) is 0 Å². The maximum Gasteiger partial charge on any atom is 0.254 e. The minimum absolute atomic E-state index is 0. The topological polar surface area (TPSA) is 66.5 Å². The monoisotopic (exact) mass is 394 g/mol. The van der Waals surface area contributed by atoms with Crippen LogP contribution in [0.15, 0.2) is 59.5 Å². The van der Waals surface area contributed by atoms with E-state index in [0.717, 1.165) is 6.54 Å². The predicted octanol–water partition coefficient (Wildman–Crippen LogP) is 2.52. The average Bonchev–Trinajstić information content (AvgIpc) is 2.62. The van der Waals surface area contributed by atoms with Gasteiger partial charge in [-0.25, -0.2) is 8.42 Å². The highest BCUT2D eigenvalue weighted by atomic mass is 35.5. The van der Waals surface area contributed by atoms with Crippen molar-refractivity contribution in [1.82, 2.24) is 10.2 Å². The van der Waals surface area contributed by atoms with Crippen LogP contribution in [0.1, 0.15) is 22.8 Å². The number of rotatable bonds is 4. The second-order valence-electron chi connectivity index (χ2n) is 6.34. The molecule has 5 nitrogen and oxygen atoms in total. The van der Waals surface area contributed by atoms with Crippen LogP contribution in [0.4, 0.5) is 0 Å². The molecule has 1 heterocycles. The Kier molecular flexibility index (Phi) is 6.81. The lowest BCUT2D eigenvalue weighted by Gasteiger charge is -2.32. The summed E-state index contributed by atoms with van der Waals surface area (Å²) in [5.74, 6) is -0.284. The van der Waals surface area contributed by atoms with Crippen molar-refractivity contribution in [2.75, 3.05) is 19.6 Å². The van der Waals surface area contributed by atoms with Gasteiger partial charge in [0.2, 0.25) is 0 Å². The van der Waals surface area contributed by atoms with E-state index in [-0.39, 0.29) is 35.0 Å². The fraction of sp³-hybridized carbons (Fsp3) is 0.316. The SMILES string of the molecule is CC1CN(C(=O)c2ccccc2CS(=O)(=O)c2ccccc2)CCN1.Cl. The Morgan fingerprint density at radius 3 is 2.46 bits per heavy atom. The Morgan fingerprint density at radius 1 is 1.12 bits per heavy atom. The summed E-state index contributed by atoms with van der Waals surface area (Å²) < 4.78 is 25.3. The van der Waals surface area contributed by atoms with Crippen molar-refractivity contribution in [3.63, 3.8) is 0 Å². The van der Waals surface area contributed by atoms with E-state index < -0.39 is 9.84 Å². The molecule has 26 heavy (non-hydrogen) atoms. The number of nitrogens with zero attached hydrogens (tertiary/aromatic N) is 1. The lowest BCUT2D eigenvalue weighted by molar-refractivity contribution is 0.0708. The number of carbonyl (C=O) groups is 1. The van der Waals surface area contributed by atoms with E-state index in [2.05, 4.69) is 5.32 Å². The first-order valence-corrected chi connectivity index (χ1v) is 10.0. The maximum absolute atomic E-state index is 12.9. The number of hydrogen-bond acceptors (Lipinski definition) is 4. The molecule has 0 spiro atoms. The summed E-state index contributed by atoms with van der Waals surface area (Å²) in [6.45, 7) is 4.03. The molecule has 1 aliphatic rings. The lowest BCUT2D eigenvalue weighted by atomic mass is 10.1. The summed E-state index contributed by atoms with van der Waals surface area (Å²) in [5.41, 5.74) is 1.01. The van der Waals surface area contributed by atoms with Gasteiger partial charge in [-0.3, -0.25) is 4.79 Å². The quantitative estimate of drug-likeness (QED) is 0.865. The number of halogens is 1. The molecule has 1 amide bonds. The van der Waals surface area contributed by atoms with Crippen molar-refractivity contribution in [3.05, 3.63) is 65.7 Å². The van der Waals surface area contributed by atoms with Gasteiger partial charge in [0, 0.05) is 31.2 Å². The van der Waals surface area contributed by atoms with Gasteiger partial charge in [0.15, 0.2) is 9.84 Å². The highest BCUT2D eigenvalue weighted by Gasteiger charge is 2.25. The standard InChI is InChI=1S/C19H22N2O3S.ClH/c1-15-13-21(12-11-20-15)19(22)18-10-6-5-7-16(18)14-25(23,24)17-8-3-2-4-9-17;/h2-10,15,20H,11-14H2,1H3;1H. The van der Waals surface area contributed by atoms with E-state index in [1.54, 1.807) is 59.5 Å². The molecule has 3 rings (SSSR count). The molecule has 1 N–H and O–H groups in total. The molecule has 1 atom stereocenters. The van der Waals surface area contributed by atoms with Crippen molar-refractivity contribution in [2.45, 2.75) is 23.6 Å². The van der Waals surface area contributed by atoms with Crippen LogP contribution in [0, 0.1) is 0 Å². The summed E-state index contributed by atoms with van der Waals surface area (Å²) in [5, 5.41) is 3.30. The molecule has 2 aromatic rings. The van der Waals surface area contributed by atoms with E-state index in [9.17, 15) is 13.2 Å². The Labute approximate surface area is 160 Å². The third-order valence-corrected chi connectivity index (χ3v) is 6.03. The third kappa shape index (κ3) is 4.63. The molecule has 1 unspecified atom stereocenters. The Hall–Kier alpha value is -1.89. The van der Waals surface area contributed by atoms with Gasteiger partial charge in [-0.15, -0.1) is 12.4 Å². The first kappa shape index (κ1) is 20.4. The Balaban J connectivity index is 0.00000243. The number of amides is 1. The number of hydrogen-bond donors (Lipinski definition) is 1. The van der Waals surface area contributed by atoms with Gasteiger partial charge < -0.3 is 10.2 Å². The molecular weight excluding hydrogens is 372 g/mol. The molecule has 1 saturated heterocycles. The summed E-state index contributed by atoms with van der Waals surface area (Å²) >= 11 is 0. The van der Waals surface area contributed by atoms with Gasteiger partial charge in [0.25, 0.3) is 5.91 Å². The van der Waals surface area contributed by atoms with Crippen molar-refractivity contribution in [3.8, 4) is 0 Å². The zero-order valence-electron chi connectivity index (χ0n) is 14.6. The zero-order chi connectivity index (χ0) is 17.9. The molecule has 2 aromatic carbocycles. The second-order valence-corrected chi connectivity index (χ2v) is 8.33. The number of piperazine rings is 1. The van der Waals surface area contributed by atoms with E-state index >= 15 is 0 Å². The molecule has 7 heteroatoms. The first-order valence-electron chi connectivity index (χ1n) is 8.36. The lowest BCUT2D eigenvalue weighted by Crippen LogP contribution is -2.51. The van der Waals surface area contributed by atoms with E-state index in [4.69, 9.17) is 0 Å². The number of sulfone groups is 1. The largest absolute Gasteiger partial charge is 0.336 e. The van der Waals surface area contributed by atoms with Gasteiger partial charge in [-0.1, -0.05) is 36.4 Å². The number of nitrogens with one attached hydrogen (secondary N) is 1. The highest BCUT2D eigenvalue weighted by molar-refractivity contribution is 7.90. The predicted molar refractivity (Wildman–Crippen MR) is 104 cm³/mol. The van der Waals surface area contributed by atoms with Gasteiger partial charge in [-0.2, -0.15) is 0 Å². The van der Waals surface area contributed by atoms with E-state index in [1.807, 2.05) is 6.92 Å². The first-order chi connectivity index (χ1) is 12.0. The number of carbonyl (C=O) groups excluding carboxylic acids is 1. The maximum atomic E-state index is 12.9. The minimum Gasteiger partial charge on any atom is -0.336 e. The van der Waals surface area contributed by atoms with Gasteiger partial charge in [0.05, 0.1) is 10.6 Å². The molecule has 0 radical (unpaired) electrons. The van der Waals surface area contributed by atoms with Crippen molar-refractivity contribution in [2.24, 2.45) is 0 Å². The summed E-state index contributed by atoms with van der Waals surface area (Å²) in [7, 11) is -3.49. The summed E-state index contributed by atoms with van der Waals surface area (Å²) in [6, 6.07) is 15.6. The highest BCUT2D eigenvalue weighted by Crippen LogP contribution is 2.20. The number of benzene rings is 2. The van der Waals surface area contributed by atoms with Crippen LogP contribution in [0.5, 0.6) is 0 Å². The van der Waals surface area contributed by atoms with Crippen LogP contribution >= 0.6 is 12.4 Å². The Bertz CT molecular complexity index is 856. The van der Waals surface area contributed by atoms with Crippen LogP contribution in [0.3, 0.4) is 0 Å². The van der Waals surface area contributed by atoms with Crippen LogP contribution in [0.25, 0.3) is 0 Å². The summed E-state index contributed by atoms with van der Waals surface area (Å²) in [4.78, 5) is 14.9. The van der Waals surface area contributed by atoms with Gasteiger partial charge in [-0.05, 0) is 30.7 Å². The second kappa shape index (κ2) is 8.66. The molecule has 0 bridgehead atoms. The van der Waals surface area contributed by atoms with E-state index in [0.29, 0.717) is 24.2 Å². The molecule has 140 valence electrons. The average molecular weight is 395 g/mol. The molecule has 1 fully saturated rings. The molecule has 0 aromatic heterocycles. The molecule has 1 aliphatic heterocycles. The molecule has 0 aliphatic carbocycles. The zero-order valence-corrected chi connectivity index (χ0v) is 16.2. The van der Waals surface area contributed by atoms with Gasteiger partial charge >= 0.3 is 0 Å².